The van der Waals surface area contributed by atoms with E-state index in [1.165, 1.54) is 7.11 Å². The largest absolute Gasteiger partial charge is 0.508 e. The van der Waals surface area contributed by atoms with Crippen LogP contribution in [-0.2, 0) is 16.0 Å². The third-order valence-corrected chi connectivity index (χ3v) is 3.84. The predicted molar refractivity (Wildman–Crippen MR) is 89.5 cm³/mol. The van der Waals surface area contributed by atoms with Crippen molar-refractivity contribution in [3.63, 3.8) is 0 Å². The van der Waals surface area contributed by atoms with Crippen molar-refractivity contribution in [2.75, 3.05) is 7.11 Å². The summed E-state index contributed by atoms with van der Waals surface area (Å²) in [6.07, 6.45) is 10.3. The number of aliphatic hydroxyl groups excluding tert-OH is 1. The van der Waals surface area contributed by atoms with Crippen molar-refractivity contribution in [3.05, 3.63) is 53.8 Å². The van der Waals surface area contributed by atoms with Crippen molar-refractivity contribution in [1.82, 2.24) is 0 Å². The number of esters is 1. The SMILES string of the molecule is COC(=O)CCc1ccc(OC2C/C=C\C(O)=C/CCC2)cc1. The molecule has 0 radical (unpaired) electrons. The van der Waals surface area contributed by atoms with Gasteiger partial charge in [0.15, 0.2) is 0 Å². The average molecular weight is 316 g/mol. The zero-order valence-corrected chi connectivity index (χ0v) is 13.5. The van der Waals surface area contributed by atoms with Gasteiger partial charge in [-0.3, -0.25) is 4.79 Å². The van der Waals surface area contributed by atoms with Crippen molar-refractivity contribution >= 4 is 5.97 Å². The monoisotopic (exact) mass is 316 g/mol. The van der Waals surface area contributed by atoms with E-state index in [4.69, 9.17) is 4.74 Å². The minimum Gasteiger partial charge on any atom is -0.508 e. The summed E-state index contributed by atoms with van der Waals surface area (Å²) < 4.78 is 10.7. The molecule has 0 heterocycles. The van der Waals surface area contributed by atoms with Crippen molar-refractivity contribution in [2.45, 2.75) is 44.6 Å². The summed E-state index contributed by atoms with van der Waals surface area (Å²) in [6.45, 7) is 0. The van der Waals surface area contributed by atoms with Gasteiger partial charge in [0.25, 0.3) is 0 Å². The van der Waals surface area contributed by atoms with E-state index in [-0.39, 0.29) is 12.1 Å². The lowest BCUT2D eigenvalue weighted by Crippen LogP contribution is -2.15. The molecule has 23 heavy (non-hydrogen) atoms. The number of methoxy groups -OCH3 is 1. The number of benzene rings is 1. The number of aryl methyl sites for hydroxylation is 1. The number of carbonyl (C=O) groups excluding carboxylic acids is 1. The van der Waals surface area contributed by atoms with Gasteiger partial charge in [-0.2, -0.15) is 0 Å². The molecule has 1 aliphatic rings. The Morgan fingerprint density at radius 2 is 2.09 bits per heavy atom. The Hall–Kier alpha value is -2.23. The first kappa shape index (κ1) is 17.1. The van der Waals surface area contributed by atoms with Crippen molar-refractivity contribution in [1.29, 1.82) is 0 Å². The quantitative estimate of drug-likeness (QED) is 0.831. The van der Waals surface area contributed by atoms with Crippen molar-refractivity contribution in [3.8, 4) is 5.75 Å². The second-order valence-corrected chi connectivity index (χ2v) is 5.66. The van der Waals surface area contributed by atoms with Gasteiger partial charge in [0.2, 0.25) is 0 Å². The molecule has 0 fully saturated rings. The maximum atomic E-state index is 11.2. The third kappa shape index (κ3) is 6.19. The van der Waals surface area contributed by atoms with Crippen LogP contribution < -0.4 is 4.74 Å². The number of carbonyl (C=O) groups is 1. The lowest BCUT2D eigenvalue weighted by Gasteiger charge is -2.17. The second-order valence-electron chi connectivity index (χ2n) is 5.66. The molecule has 0 amide bonds. The van der Waals surface area contributed by atoms with Crippen LogP contribution in [0.1, 0.15) is 37.7 Å². The van der Waals surface area contributed by atoms with Crippen LogP contribution in [0.5, 0.6) is 5.75 Å². The number of rotatable bonds is 5. The van der Waals surface area contributed by atoms with Crippen LogP contribution in [0.4, 0.5) is 0 Å². The summed E-state index contributed by atoms with van der Waals surface area (Å²) in [7, 11) is 1.40. The van der Waals surface area contributed by atoms with Gasteiger partial charge in [0, 0.05) is 12.8 Å². The van der Waals surface area contributed by atoms with Crippen molar-refractivity contribution in [2.24, 2.45) is 0 Å². The summed E-state index contributed by atoms with van der Waals surface area (Å²) in [6, 6.07) is 7.85. The highest BCUT2D eigenvalue weighted by atomic mass is 16.5. The van der Waals surface area contributed by atoms with E-state index in [0.717, 1.165) is 37.0 Å². The van der Waals surface area contributed by atoms with Gasteiger partial charge in [-0.15, -0.1) is 0 Å². The minimum atomic E-state index is -0.195. The highest BCUT2D eigenvalue weighted by molar-refractivity contribution is 5.69. The molecule has 1 unspecified atom stereocenters. The molecule has 0 spiro atoms. The number of allylic oxidation sites excluding steroid dienone is 2. The van der Waals surface area contributed by atoms with Gasteiger partial charge < -0.3 is 14.6 Å². The Morgan fingerprint density at radius 1 is 1.30 bits per heavy atom. The standard InChI is InChI=1S/C19H24O4/c1-22-19(21)14-11-15-9-12-18(13-10-15)23-17-7-3-2-5-16(20)6-4-8-17/h4-6,9-10,12-13,17,20H,2-3,7-8,11,14H2,1H3/b6-4-,16-5+. The molecule has 0 bridgehead atoms. The Labute approximate surface area is 137 Å². The Morgan fingerprint density at radius 3 is 2.83 bits per heavy atom. The zero-order valence-electron chi connectivity index (χ0n) is 13.5. The Bertz CT molecular complexity index is 557. The average Bonchev–Trinajstić information content (AvgIpc) is 2.66. The molecule has 1 aromatic carbocycles. The van der Waals surface area contributed by atoms with Gasteiger partial charge in [0.05, 0.1) is 7.11 Å². The molecular weight excluding hydrogens is 292 g/mol. The fourth-order valence-corrected chi connectivity index (χ4v) is 2.50. The van der Waals surface area contributed by atoms with E-state index in [1.807, 2.05) is 36.4 Å². The number of aliphatic hydroxyl groups is 1. The fourth-order valence-electron chi connectivity index (χ4n) is 2.50. The lowest BCUT2D eigenvalue weighted by atomic mass is 10.1. The molecule has 1 N–H and O–H groups in total. The van der Waals surface area contributed by atoms with Crippen LogP contribution in [0, 0.1) is 0 Å². The Kier molecular flexibility index (Phi) is 6.73. The molecule has 4 heteroatoms. The summed E-state index contributed by atoms with van der Waals surface area (Å²) in [5, 5.41) is 9.55. The van der Waals surface area contributed by atoms with Gasteiger partial charge in [0.1, 0.15) is 17.6 Å². The summed E-state index contributed by atoms with van der Waals surface area (Å²) in [4.78, 5) is 11.2. The van der Waals surface area contributed by atoms with E-state index < -0.39 is 0 Å². The van der Waals surface area contributed by atoms with Gasteiger partial charge in [-0.1, -0.05) is 18.2 Å². The molecular formula is C19H24O4. The molecule has 1 atom stereocenters. The lowest BCUT2D eigenvalue weighted by molar-refractivity contribution is -0.140. The fraction of sp³-hybridized carbons (Fsp3) is 0.421. The first-order valence-corrected chi connectivity index (χ1v) is 8.05. The van der Waals surface area contributed by atoms with Crippen molar-refractivity contribution < 1.29 is 19.4 Å². The maximum Gasteiger partial charge on any atom is 0.305 e. The highest BCUT2D eigenvalue weighted by Crippen LogP contribution is 2.20. The first-order chi connectivity index (χ1) is 11.2. The van der Waals surface area contributed by atoms with E-state index in [0.29, 0.717) is 18.6 Å². The predicted octanol–water partition coefficient (Wildman–Crippen LogP) is 4.11. The van der Waals surface area contributed by atoms with E-state index in [9.17, 15) is 9.90 Å². The van der Waals surface area contributed by atoms with E-state index in [2.05, 4.69) is 4.74 Å². The molecule has 0 saturated carbocycles. The molecule has 0 saturated heterocycles. The van der Waals surface area contributed by atoms with Crippen LogP contribution in [0.15, 0.2) is 48.3 Å². The number of ether oxygens (including phenoxy) is 2. The molecule has 0 aromatic heterocycles. The molecule has 124 valence electrons. The van der Waals surface area contributed by atoms with Gasteiger partial charge >= 0.3 is 5.97 Å². The zero-order chi connectivity index (χ0) is 16.5. The van der Waals surface area contributed by atoms with E-state index in [1.54, 1.807) is 6.08 Å². The molecule has 1 aromatic rings. The van der Waals surface area contributed by atoms with Crippen LogP contribution in [0.2, 0.25) is 0 Å². The topological polar surface area (TPSA) is 55.8 Å². The molecule has 1 aliphatic carbocycles. The van der Waals surface area contributed by atoms with Crippen LogP contribution in [-0.4, -0.2) is 24.3 Å². The van der Waals surface area contributed by atoms with Gasteiger partial charge in [-0.25, -0.2) is 0 Å². The van der Waals surface area contributed by atoms with Crippen LogP contribution in [0.25, 0.3) is 0 Å². The molecule has 4 nitrogen and oxygen atoms in total. The maximum absolute atomic E-state index is 11.2. The van der Waals surface area contributed by atoms with Crippen LogP contribution in [0.3, 0.4) is 0 Å². The highest BCUT2D eigenvalue weighted by Gasteiger charge is 2.10. The number of hydrogen-bond acceptors (Lipinski definition) is 4. The molecule has 2 rings (SSSR count). The summed E-state index contributed by atoms with van der Waals surface area (Å²) >= 11 is 0. The smallest absolute Gasteiger partial charge is 0.305 e. The summed E-state index contributed by atoms with van der Waals surface area (Å²) in [5.41, 5.74) is 1.09. The normalized spacial score (nSPS) is 22.0. The third-order valence-electron chi connectivity index (χ3n) is 3.84. The molecule has 0 aliphatic heterocycles. The minimum absolute atomic E-state index is 0.117. The first-order valence-electron chi connectivity index (χ1n) is 8.05. The summed E-state index contributed by atoms with van der Waals surface area (Å²) in [5.74, 6) is 0.974. The number of hydrogen-bond donors (Lipinski definition) is 1. The van der Waals surface area contributed by atoms with Crippen LogP contribution >= 0.6 is 0 Å². The van der Waals surface area contributed by atoms with E-state index >= 15 is 0 Å². The van der Waals surface area contributed by atoms with Gasteiger partial charge in [-0.05, 0) is 55.5 Å². The second kappa shape index (κ2) is 9.03. The Balaban J connectivity index is 1.87.